The number of nitrogens with one attached hydrogen (secondary N) is 2. The Balaban J connectivity index is 2.00. The Labute approximate surface area is 109 Å². The molecule has 0 fully saturated rings. The molecule has 0 saturated heterocycles. The number of ether oxygens (including phenoxy) is 1. The minimum absolute atomic E-state index is 0.00573. The topological polar surface area (TPSA) is 114 Å². The number of anilines is 1. The molecule has 1 unspecified atom stereocenters. The molecular formula is C12H15N3O4. The highest BCUT2D eigenvalue weighted by Gasteiger charge is 2.16. The van der Waals surface area contributed by atoms with E-state index < -0.39 is 12.0 Å². The highest BCUT2D eigenvalue weighted by atomic mass is 16.5. The lowest BCUT2D eigenvalue weighted by Gasteiger charge is -2.18. The van der Waals surface area contributed by atoms with E-state index >= 15 is 0 Å². The fraction of sp³-hybridized carbons (Fsp3) is 0.333. The third-order valence-corrected chi connectivity index (χ3v) is 2.67. The van der Waals surface area contributed by atoms with Crippen molar-refractivity contribution < 1.29 is 19.4 Å². The third kappa shape index (κ3) is 3.21. The summed E-state index contributed by atoms with van der Waals surface area (Å²) in [4.78, 5) is 22.5. The minimum Gasteiger partial charge on any atom is -0.482 e. The molecule has 1 heterocycles. The van der Waals surface area contributed by atoms with E-state index in [1.54, 1.807) is 18.2 Å². The number of fused-ring (bicyclic) bond motifs is 1. The zero-order valence-corrected chi connectivity index (χ0v) is 10.2. The number of aliphatic hydroxyl groups excluding tert-OH is 1. The van der Waals surface area contributed by atoms with Gasteiger partial charge in [-0.05, 0) is 17.7 Å². The molecule has 7 heteroatoms. The van der Waals surface area contributed by atoms with Crippen LogP contribution in [0.2, 0.25) is 0 Å². The van der Waals surface area contributed by atoms with Crippen LogP contribution in [-0.4, -0.2) is 36.2 Å². The highest BCUT2D eigenvalue weighted by molar-refractivity contribution is 5.95. The van der Waals surface area contributed by atoms with E-state index in [1.807, 2.05) is 0 Å². The largest absolute Gasteiger partial charge is 0.482 e. The molecule has 1 aliphatic rings. The maximum absolute atomic E-state index is 11.4. The van der Waals surface area contributed by atoms with Crippen LogP contribution < -0.4 is 21.1 Å². The summed E-state index contributed by atoms with van der Waals surface area (Å²) in [6.07, 6.45) is -1.21. The van der Waals surface area contributed by atoms with Gasteiger partial charge in [0.25, 0.3) is 5.91 Å². The first-order chi connectivity index (χ1) is 9.10. The van der Waals surface area contributed by atoms with Crippen LogP contribution in [0, 0.1) is 0 Å². The van der Waals surface area contributed by atoms with Crippen LogP contribution in [0.5, 0.6) is 5.75 Å². The molecule has 0 spiro atoms. The van der Waals surface area contributed by atoms with Gasteiger partial charge in [-0.2, -0.15) is 0 Å². The van der Waals surface area contributed by atoms with Crippen molar-refractivity contribution in [3.8, 4) is 5.75 Å². The number of hydrogen-bond acceptors (Lipinski definition) is 5. The molecule has 1 aromatic rings. The van der Waals surface area contributed by atoms with Gasteiger partial charge < -0.3 is 26.2 Å². The first-order valence-electron chi connectivity index (χ1n) is 5.81. The molecule has 102 valence electrons. The second kappa shape index (κ2) is 5.68. The van der Waals surface area contributed by atoms with Crippen molar-refractivity contribution in [1.29, 1.82) is 0 Å². The summed E-state index contributed by atoms with van der Waals surface area (Å²) in [5.74, 6) is -0.149. The summed E-state index contributed by atoms with van der Waals surface area (Å²) in [6.45, 7) is 0.116. The monoisotopic (exact) mass is 265 g/mol. The average Bonchev–Trinajstić information content (AvgIpc) is 2.43. The maximum Gasteiger partial charge on any atom is 0.262 e. The van der Waals surface area contributed by atoms with Crippen molar-refractivity contribution in [3.63, 3.8) is 0 Å². The Kier molecular flexibility index (Phi) is 3.98. The molecule has 5 N–H and O–H groups in total. The van der Waals surface area contributed by atoms with Crippen molar-refractivity contribution in [2.45, 2.75) is 12.6 Å². The lowest BCUT2D eigenvalue weighted by Crippen LogP contribution is -2.38. The number of nitrogens with two attached hydrogens (primary N) is 1. The number of hydrogen-bond donors (Lipinski definition) is 4. The van der Waals surface area contributed by atoms with Gasteiger partial charge in [-0.25, -0.2) is 0 Å². The summed E-state index contributed by atoms with van der Waals surface area (Å²) in [5.41, 5.74) is 6.52. The molecule has 7 nitrogen and oxygen atoms in total. The Morgan fingerprint density at radius 3 is 3.11 bits per heavy atom. The van der Waals surface area contributed by atoms with Gasteiger partial charge in [0, 0.05) is 13.1 Å². The molecule has 0 bridgehead atoms. The standard InChI is InChI=1S/C12H15N3O4/c13-4-9(16)12(18)14-5-7-1-2-10-8(3-7)15-11(17)6-19-10/h1-3,9,16H,4-6,13H2,(H,14,18)(H,15,17). The van der Waals surface area contributed by atoms with Gasteiger partial charge in [0.05, 0.1) is 5.69 Å². The van der Waals surface area contributed by atoms with Crippen LogP contribution >= 0.6 is 0 Å². The van der Waals surface area contributed by atoms with Crippen molar-refractivity contribution in [2.75, 3.05) is 18.5 Å². The molecule has 0 aliphatic carbocycles. The Morgan fingerprint density at radius 2 is 2.37 bits per heavy atom. The molecule has 1 aliphatic heterocycles. The molecule has 0 radical (unpaired) electrons. The van der Waals surface area contributed by atoms with E-state index in [-0.39, 0.29) is 25.6 Å². The number of benzene rings is 1. The van der Waals surface area contributed by atoms with Crippen molar-refractivity contribution in [1.82, 2.24) is 5.32 Å². The molecule has 1 atom stereocenters. The predicted octanol–water partition coefficient (Wildman–Crippen LogP) is -1.05. The average molecular weight is 265 g/mol. The van der Waals surface area contributed by atoms with Gasteiger partial charge in [0.1, 0.15) is 11.9 Å². The minimum atomic E-state index is -1.21. The zero-order chi connectivity index (χ0) is 13.8. The van der Waals surface area contributed by atoms with Gasteiger partial charge in [-0.15, -0.1) is 0 Å². The normalized spacial score (nSPS) is 14.9. The number of rotatable bonds is 4. The van der Waals surface area contributed by atoms with E-state index in [0.717, 1.165) is 5.56 Å². The van der Waals surface area contributed by atoms with E-state index in [9.17, 15) is 14.7 Å². The molecule has 0 aromatic heterocycles. The highest BCUT2D eigenvalue weighted by Crippen LogP contribution is 2.28. The van der Waals surface area contributed by atoms with Gasteiger partial charge in [-0.3, -0.25) is 9.59 Å². The molecule has 1 aromatic carbocycles. The fourth-order valence-corrected chi connectivity index (χ4v) is 1.65. The maximum atomic E-state index is 11.4. The smallest absolute Gasteiger partial charge is 0.262 e. The van der Waals surface area contributed by atoms with Gasteiger partial charge in [-0.1, -0.05) is 6.07 Å². The number of carbonyl (C=O) groups excluding carboxylic acids is 2. The predicted molar refractivity (Wildman–Crippen MR) is 67.5 cm³/mol. The molecule has 0 saturated carbocycles. The molecule has 2 amide bonds. The summed E-state index contributed by atoms with van der Waals surface area (Å²) < 4.78 is 5.22. The number of carbonyl (C=O) groups is 2. The van der Waals surface area contributed by atoms with Crippen LogP contribution in [0.15, 0.2) is 18.2 Å². The van der Waals surface area contributed by atoms with E-state index in [1.165, 1.54) is 0 Å². The first kappa shape index (κ1) is 13.3. The zero-order valence-electron chi connectivity index (χ0n) is 10.2. The molecular weight excluding hydrogens is 250 g/mol. The molecule has 2 rings (SSSR count). The molecule has 19 heavy (non-hydrogen) atoms. The van der Waals surface area contributed by atoms with Crippen LogP contribution in [0.25, 0.3) is 0 Å². The lowest BCUT2D eigenvalue weighted by molar-refractivity contribution is -0.129. The van der Waals surface area contributed by atoms with Crippen molar-refractivity contribution in [2.24, 2.45) is 5.73 Å². The Morgan fingerprint density at radius 1 is 1.58 bits per heavy atom. The van der Waals surface area contributed by atoms with Gasteiger partial charge in [0.15, 0.2) is 6.61 Å². The van der Waals surface area contributed by atoms with Crippen LogP contribution in [0.4, 0.5) is 5.69 Å². The van der Waals surface area contributed by atoms with Crippen LogP contribution in [0.3, 0.4) is 0 Å². The Hall–Kier alpha value is -2.12. The summed E-state index contributed by atoms with van der Waals surface area (Å²) >= 11 is 0. The second-order valence-electron chi connectivity index (χ2n) is 4.14. The second-order valence-corrected chi connectivity index (χ2v) is 4.14. The Bertz CT molecular complexity index is 504. The lowest BCUT2D eigenvalue weighted by atomic mass is 10.1. The third-order valence-electron chi connectivity index (χ3n) is 2.67. The summed E-state index contributed by atoms with van der Waals surface area (Å²) in [6, 6.07) is 5.20. The van der Waals surface area contributed by atoms with Crippen LogP contribution in [-0.2, 0) is 16.1 Å². The first-order valence-corrected chi connectivity index (χ1v) is 5.81. The van der Waals surface area contributed by atoms with Crippen LogP contribution in [0.1, 0.15) is 5.56 Å². The van der Waals surface area contributed by atoms with Gasteiger partial charge in [0.2, 0.25) is 5.91 Å². The number of aliphatic hydroxyl groups is 1. The SMILES string of the molecule is NCC(O)C(=O)NCc1ccc2c(c1)NC(=O)CO2. The number of amides is 2. The van der Waals surface area contributed by atoms with Gasteiger partial charge >= 0.3 is 0 Å². The quantitative estimate of drug-likeness (QED) is 0.555. The van der Waals surface area contributed by atoms with E-state index in [0.29, 0.717) is 11.4 Å². The van der Waals surface area contributed by atoms with Crippen molar-refractivity contribution in [3.05, 3.63) is 23.8 Å². The van der Waals surface area contributed by atoms with E-state index in [2.05, 4.69) is 10.6 Å². The summed E-state index contributed by atoms with van der Waals surface area (Å²) in [5, 5.41) is 14.4. The summed E-state index contributed by atoms with van der Waals surface area (Å²) in [7, 11) is 0. The van der Waals surface area contributed by atoms with E-state index in [4.69, 9.17) is 10.5 Å². The fourth-order valence-electron chi connectivity index (χ4n) is 1.65. The van der Waals surface area contributed by atoms with Crippen molar-refractivity contribution >= 4 is 17.5 Å².